The molecule has 4 nitrogen and oxygen atoms in total. The van der Waals surface area contributed by atoms with Crippen LogP contribution >= 0.6 is 0 Å². The molecule has 0 aliphatic rings. The first-order valence-electron chi connectivity index (χ1n) is 6.95. The molecule has 0 spiro atoms. The topological polar surface area (TPSA) is 36.9 Å². The Balaban J connectivity index is 3.17. The Hall–Kier alpha value is -1.48. The van der Waals surface area contributed by atoms with Gasteiger partial charge in [0.05, 0.1) is 0 Å². The number of rotatable bonds is 10. The van der Waals surface area contributed by atoms with Crippen molar-refractivity contribution in [3.8, 4) is 35.5 Å². The van der Waals surface area contributed by atoms with E-state index in [4.69, 9.17) is 18.9 Å². The zero-order valence-electron chi connectivity index (χ0n) is 13.0. The van der Waals surface area contributed by atoms with Gasteiger partial charge in [-0.05, 0) is 19.8 Å². The molecule has 0 rings (SSSR count). The molecule has 0 fully saturated rings. The van der Waals surface area contributed by atoms with Gasteiger partial charge >= 0.3 is 0 Å². The molecule has 0 unspecified atom stereocenters. The Morgan fingerprint density at radius 1 is 0.619 bits per heavy atom. The quantitative estimate of drug-likeness (QED) is 0.451. The largest absolute Gasteiger partial charge is 0.372 e. The lowest BCUT2D eigenvalue weighted by Gasteiger charge is -2.00. The van der Waals surface area contributed by atoms with Crippen LogP contribution in [0, 0.1) is 35.5 Å². The second kappa shape index (κ2) is 18.5. The van der Waals surface area contributed by atoms with E-state index in [0.29, 0.717) is 46.2 Å². The van der Waals surface area contributed by atoms with Crippen molar-refractivity contribution in [2.75, 3.05) is 53.4 Å². The van der Waals surface area contributed by atoms with Crippen molar-refractivity contribution in [1.82, 2.24) is 0 Å². The van der Waals surface area contributed by atoms with Crippen molar-refractivity contribution < 1.29 is 18.9 Å². The van der Waals surface area contributed by atoms with Crippen LogP contribution in [0.3, 0.4) is 0 Å². The van der Waals surface area contributed by atoms with E-state index in [1.807, 2.05) is 0 Å². The summed E-state index contributed by atoms with van der Waals surface area (Å²) in [5.74, 6) is 17.0. The van der Waals surface area contributed by atoms with Gasteiger partial charge in [0.2, 0.25) is 0 Å². The van der Waals surface area contributed by atoms with Gasteiger partial charge in [-0.25, -0.2) is 0 Å². The van der Waals surface area contributed by atoms with Gasteiger partial charge in [-0.1, -0.05) is 29.6 Å². The van der Waals surface area contributed by atoms with Gasteiger partial charge < -0.3 is 18.9 Å². The normalized spacial score (nSPS) is 8.86. The minimum absolute atomic E-state index is 0.399. The molecule has 0 aliphatic heterocycles. The maximum atomic E-state index is 5.36. The third kappa shape index (κ3) is 18.5. The van der Waals surface area contributed by atoms with Crippen molar-refractivity contribution >= 4 is 0 Å². The van der Waals surface area contributed by atoms with Gasteiger partial charge in [0.25, 0.3) is 0 Å². The summed E-state index contributed by atoms with van der Waals surface area (Å²) in [5, 5.41) is 0. The van der Waals surface area contributed by atoms with Crippen molar-refractivity contribution in [3.63, 3.8) is 0 Å². The van der Waals surface area contributed by atoms with Gasteiger partial charge in [-0.3, -0.25) is 0 Å². The molecule has 0 heterocycles. The summed E-state index contributed by atoms with van der Waals surface area (Å²) in [7, 11) is 1.62. The number of methoxy groups -OCH3 is 1. The Kier molecular flexibility index (Phi) is 17.2. The fraction of sp³-hybridized carbons (Fsp3) is 0.647. The average Bonchev–Trinajstić information content (AvgIpc) is 2.50. The molecule has 0 N–H and O–H groups in total. The first-order valence-corrected chi connectivity index (χ1v) is 6.95. The second-order valence-corrected chi connectivity index (χ2v) is 3.87. The van der Waals surface area contributed by atoms with E-state index in [2.05, 4.69) is 35.5 Å². The van der Waals surface area contributed by atoms with Crippen LogP contribution in [-0.2, 0) is 18.9 Å². The van der Waals surface area contributed by atoms with E-state index in [0.717, 1.165) is 12.8 Å². The SMILES string of the molecule is CC#CCOCC#CCOCCCCOCC#CCOC. The van der Waals surface area contributed by atoms with E-state index in [-0.39, 0.29) is 0 Å². The van der Waals surface area contributed by atoms with Crippen LogP contribution in [0.5, 0.6) is 0 Å². The molecule has 0 aromatic carbocycles. The zero-order chi connectivity index (χ0) is 15.4. The van der Waals surface area contributed by atoms with Crippen LogP contribution in [0.2, 0.25) is 0 Å². The Morgan fingerprint density at radius 3 is 1.62 bits per heavy atom. The lowest BCUT2D eigenvalue weighted by atomic mass is 10.3. The highest BCUT2D eigenvalue weighted by Crippen LogP contribution is 1.91. The maximum Gasteiger partial charge on any atom is 0.109 e. The molecule has 0 aromatic heterocycles. The minimum Gasteiger partial charge on any atom is -0.372 e. The van der Waals surface area contributed by atoms with E-state index >= 15 is 0 Å². The van der Waals surface area contributed by atoms with Crippen molar-refractivity contribution in [3.05, 3.63) is 0 Å². The van der Waals surface area contributed by atoms with Gasteiger partial charge in [-0.2, -0.15) is 0 Å². The minimum atomic E-state index is 0.399. The van der Waals surface area contributed by atoms with Crippen LogP contribution in [0.1, 0.15) is 19.8 Å². The predicted molar refractivity (Wildman–Crippen MR) is 82.6 cm³/mol. The summed E-state index contributed by atoms with van der Waals surface area (Å²) < 4.78 is 20.6. The van der Waals surface area contributed by atoms with E-state index in [9.17, 15) is 0 Å². The highest BCUT2D eigenvalue weighted by Gasteiger charge is 1.89. The maximum absolute atomic E-state index is 5.36. The Morgan fingerprint density at radius 2 is 1.10 bits per heavy atom. The summed E-state index contributed by atoms with van der Waals surface area (Å²) >= 11 is 0. The van der Waals surface area contributed by atoms with Gasteiger partial charge in [-0.15, -0.1) is 5.92 Å². The number of hydrogen-bond donors (Lipinski definition) is 0. The predicted octanol–water partition coefficient (Wildman–Crippen LogP) is 1.49. The number of unbranched alkanes of at least 4 members (excludes halogenated alkanes) is 1. The standard InChI is InChI=1S/C17H24O4/c1-3-4-12-19-14-7-8-16-21-17-10-9-15-20-13-6-5-11-18-2/h9-17H2,1-2H3. The lowest BCUT2D eigenvalue weighted by Crippen LogP contribution is -2.00. The van der Waals surface area contributed by atoms with E-state index in [1.54, 1.807) is 14.0 Å². The van der Waals surface area contributed by atoms with Crippen molar-refractivity contribution in [1.29, 1.82) is 0 Å². The molecule has 116 valence electrons. The van der Waals surface area contributed by atoms with Crippen LogP contribution in [0.25, 0.3) is 0 Å². The first kappa shape index (κ1) is 19.5. The molecule has 0 bridgehead atoms. The molecule has 0 radical (unpaired) electrons. The van der Waals surface area contributed by atoms with Crippen molar-refractivity contribution in [2.45, 2.75) is 19.8 Å². The van der Waals surface area contributed by atoms with Crippen LogP contribution in [0.4, 0.5) is 0 Å². The number of ether oxygens (including phenoxy) is 4. The molecule has 0 aromatic rings. The fourth-order valence-electron chi connectivity index (χ4n) is 1.16. The molecular formula is C17H24O4. The van der Waals surface area contributed by atoms with Gasteiger partial charge in [0.1, 0.15) is 33.0 Å². The molecule has 4 heteroatoms. The summed E-state index contributed by atoms with van der Waals surface area (Å²) in [6.07, 6.45) is 1.91. The summed E-state index contributed by atoms with van der Waals surface area (Å²) in [6, 6.07) is 0. The van der Waals surface area contributed by atoms with Crippen LogP contribution in [0.15, 0.2) is 0 Å². The van der Waals surface area contributed by atoms with Crippen LogP contribution < -0.4 is 0 Å². The number of hydrogen-bond acceptors (Lipinski definition) is 4. The molecule has 0 saturated carbocycles. The fourth-order valence-corrected chi connectivity index (χ4v) is 1.16. The first-order chi connectivity index (χ1) is 10.4. The van der Waals surface area contributed by atoms with Gasteiger partial charge in [0, 0.05) is 20.3 Å². The molecule has 0 amide bonds. The average molecular weight is 292 g/mol. The second-order valence-electron chi connectivity index (χ2n) is 3.87. The molecule has 0 aliphatic carbocycles. The monoisotopic (exact) mass is 292 g/mol. The molecule has 0 saturated heterocycles. The van der Waals surface area contributed by atoms with E-state index < -0.39 is 0 Å². The van der Waals surface area contributed by atoms with Gasteiger partial charge in [0.15, 0.2) is 0 Å². The van der Waals surface area contributed by atoms with Crippen molar-refractivity contribution in [2.24, 2.45) is 0 Å². The zero-order valence-corrected chi connectivity index (χ0v) is 13.0. The van der Waals surface area contributed by atoms with E-state index in [1.165, 1.54) is 0 Å². The Labute approximate surface area is 128 Å². The Bertz CT molecular complexity index is 398. The molecular weight excluding hydrogens is 268 g/mol. The smallest absolute Gasteiger partial charge is 0.109 e. The summed E-state index contributed by atoms with van der Waals surface area (Å²) in [6.45, 7) is 5.35. The third-order valence-electron chi connectivity index (χ3n) is 2.17. The van der Waals surface area contributed by atoms with Crippen LogP contribution in [-0.4, -0.2) is 53.4 Å². The highest BCUT2D eigenvalue weighted by atomic mass is 16.5. The third-order valence-corrected chi connectivity index (χ3v) is 2.17. The molecule has 0 atom stereocenters. The summed E-state index contributed by atoms with van der Waals surface area (Å²) in [4.78, 5) is 0. The summed E-state index contributed by atoms with van der Waals surface area (Å²) in [5.41, 5.74) is 0. The molecule has 21 heavy (non-hydrogen) atoms. The lowest BCUT2D eigenvalue weighted by molar-refractivity contribution is 0.131. The highest BCUT2D eigenvalue weighted by molar-refractivity contribution is 5.00.